The first kappa shape index (κ1) is 20.7. The van der Waals surface area contributed by atoms with E-state index in [2.05, 4.69) is 66.7 Å². The standard InChI is InChI=1S/C24H24BrClN2/c1-5-9-28-23-13-22(26)18(12-21(23)16(2)14-24(28,3)4)10-19(15-27)17-7-6-8-20(25)11-17/h6-8,10-14H,5,9H2,1-4H3/b19-10+. The minimum Gasteiger partial charge on any atom is -0.362 e. The predicted molar refractivity (Wildman–Crippen MR) is 124 cm³/mol. The highest BCUT2D eigenvalue weighted by Crippen LogP contribution is 2.42. The van der Waals surface area contributed by atoms with Crippen molar-refractivity contribution in [2.45, 2.75) is 39.7 Å². The monoisotopic (exact) mass is 454 g/mol. The van der Waals surface area contributed by atoms with Gasteiger partial charge >= 0.3 is 0 Å². The second kappa shape index (κ2) is 8.15. The Balaban J connectivity index is 2.13. The van der Waals surface area contributed by atoms with Crippen molar-refractivity contribution in [3.8, 4) is 6.07 Å². The van der Waals surface area contributed by atoms with Gasteiger partial charge in [-0.2, -0.15) is 5.26 Å². The predicted octanol–water partition coefficient (Wildman–Crippen LogP) is 7.58. The van der Waals surface area contributed by atoms with E-state index < -0.39 is 0 Å². The molecule has 0 amide bonds. The van der Waals surface area contributed by atoms with E-state index in [1.807, 2.05) is 36.4 Å². The molecule has 2 nitrogen and oxygen atoms in total. The molecular formula is C24H24BrClN2. The van der Waals surface area contributed by atoms with Crippen LogP contribution in [0.15, 0.2) is 46.9 Å². The van der Waals surface area contributed by atoms with Gasteiger partial charge in [0.1, 0.15) is 0 Å². The molecule has 1 heterocycles. The molecule has 4 heteroatoms. The molecule has 0 saturated carbocycles. The number of anilines is 1. The van der Waals surface area contributed by atoms with Gasteiger partial charge in [0.15, 0.2) is 0 Å². The molecule has 0 aliphatic carbocycles. The lowest BCUT2D eigenvalue weighted by atomic mass is 9.87. The fraction of sp³-hybridized carbons (Fsp3) is 0.292. The summed E-state index contributed by atoms with van der Waals surface area (Å²) < 4.78 is 0.943. The molecule has 2 aromatic carbocycles. The van der Waals surface area contributed by atoms with Gasteiger partial charge in [0.25, 0.3) is 0 Å². The maximum Gasteiger partial charge on any atom is 0.0998 e. The smallest absolute Gasteiger partial charge is 0.0998 e. The Kier molecular flexibility index (Phi) is 6.03. The van der Waals surface area contributed by atoms with Crippen LogP contribution >= 0.6 is 27.5 Å². The van der Waals surface area contributed by atoms with Crippen molar-refractivity contribution < 1.29 is 0 Å². The topological polar surface area (TPSA) is 27.0 Å². The summed E-state index contributed by atoms with van der Waals surface area (Å²) in [4.78, 5) is 2.41. The summed E-state index contributed by atoms with van der Waals surface area (Å²) in [5.74, 6) is 0. The van der Waals surface area contributed by atoms with Crippen molar-refractivity contribution in [3.63, 3.8) is 0 Å². The molecule has 2 aromatic rings. The molecule has 0 bridgehead atoms. The highest BCUT2D eigenvalue weighted by molar-refractivity contribution is 9.10. The molecule has 3 rings (SSSR count). The average Bonchev–Trinajstić information content (AvgIpc) is 2.63. The molecule has 1 aliphatic heterocycles. The minimum atomic E-state index is -0.0537. The second-order valence-corrected chi connectivity index (χ2v) is 9.03. The summed E-state index contributed by atoms with van der Waals surface area (Å²) >= 11 is 10.2. The maximum absolute atomic E-state index is 9.70. The molecule has 0 aromatic heterocycles. The lowest BCUT2D eigenvalue weighted by Crippen LogP contribution is -2.45. The van der Waals surface area contributed by atoms with E-state index in [-0.39, 0.29) is 5.54 Å². The lowest BCUT2D eigenvalue weighted by Gasteiger charge is -2.43. The number of hydrogen-bond donors (Lipinski definition) is 0. The highest BCUT2D eigenvalue weighted by atomic mass is 79.9. The molecule has 0 unspecified atom stereocenters. The molecule has 0 atom stereocenters. The van der Waals surface area contributed by atoms with Crippen molar-refractivity contribution in [1.29, 1.82) is 5.26 Å². The number of rotatable bonds is 4. The Morgan fingerprint density at radius 3 is 2.68 bits per heavy atom. The largest absolute Gasteiger partial charge is 0.362 e. The Labute approximate surface area is 181 Å². The molecule has 0 fully saturated rings. The van der Waals surface area contributed by atoms with Gasteiger partial charge in [0.05, 0.1) is 17.2 Å². The van der Waals surface area contributed by atoms with Gasteiger partial charge in [0.2, 0.25) is 0 Å². The SMILES string of the molecule is CCCN1c2cc(Cl)c(/C=C(\C#N)c3cccc(Br)c3)cc2C(C)=CC1(C)C. The molecule has 144 valence electrons. The van der Waals surface area contributed by atoms with Crippen molar-refractivity contribution in [2.24, 2.45) is 0 Å². The van der Waals surface area contributed by atoms with E-state index in [9.17, 15) is 5.26 Å². The zero-order valence-corrected chi connectivity index (χ0v) is 19.0. The van der Waals surface area contributed by atoms with Gasteiger partial charge in [-0.05, 0) is 74.2 Å². The van der Waals surface area contributed by atoms with Crippen LogP contribution in [-0.2, 0) is 0 Å². The highest BCUT2D eigenvalue weighted by Gasteiger charge is 2.31. The summed E-state index contributed by atoms with van der Waals surface area (Å²) in [6, 6.07) is 14.2. The number of nitriles is 1. The zero-order chi connectivity index (χ0) is 20.5. The third kappa shape index (κ3) is 4.04. The molecular weight excluding hydrogens is 432 g/mol. The third-order valence-corrected chi connectivity index (χ3v) is 5.92. The van der Waals surface area contributed by atoms with E-state index >= 15 is 0 Å². The summed E-state index contributed by atoms with van der Waals surface area (Å²) in [6.07, 6.45) is 5.25. The number of halogens is 2. The first-order valence-electron chi connectivity index (χ1n) is 9.45. The van der Waals surface area contributed by atoms with E-state index in [1.165, 1.54) is 11.1 Å². The normalized spacial score (nSPS) is 15.7. The number of hydrogen-bond acceptors (Lipinski definition) is 2. The van der Waals surface area contributed by atoms with Crippen molar-refractivity contribution in [1.82, 2.24) is 0 Å². The van der Waals surface area contributed by atoms with Crippen LogP contribution in [0.4, 0.5) is 5.69 Å². The molecule has 0 radical (unpaired) electrons. The van der Waals surface area contributed by atoms with E-state index in [0.29, 0.717) is 10.6 Å². The first-order valence-corrected chi connectivity index (χ1v) is 10.6. The van der Waals surface area contributed by atoms with Crippen LogP contribution in [0.2, 0.25) is 5.02 Å². The average molecular weight is 456 g/mol. The molecule has 0 saturated heterocycles. The van der Waals surface area contributed by atoms with Crippen LogP contribution in [0.5, 0.6) is 0 Å². The first-order chi connectivity index (χ1) is 13.3. The summed E-state index contributed by atoms with van der Waals surface area (Å²) in [5.41, 5.74) is 5.84. The molecule has 0 N–H and O–H groups in total. The Morgan fingerprint density at radius 2 is 2.04 bits per heavy atom. The summed E-state index contributed by atoms with van der Waals surface area (Å²) in [6.45, 7) is 9.77. The van der Waals surface area contributed by atoms with Crippen molar-refractivity contribution in [3.05, 3.63) is 68.7 Å². The second-order valence-electron chi connectivity index (χ2n) is 7.70. The number of nitrogens with zero attached hydrogens (tertiary/aromatic N) is 2. The maximum atomic E-state index is 9.70. The van der Waals surface area contributed by atoms with E-state index in [4.69, 9.17) is 11.6 Å². The quantitative estimate of drug-likeness (QED) is 0.351. The fourth-order valence-corrected chi connectivity index (χ4v) is 4.46. The van der Waals surface area contributed by atoms with Gasteiger partial charge in [-0.1, -0.05) is 52.7 Å². The van der Waals surface area contributed by atoms with E-state index in [1.54, 1.807) is 0 Å². The number of allylic oxidation sites excluding steroid dienone is 2. The van der Waals surface area contributed by atoms with Crippen LogP contribution in [-0.4, -0.2) is 12.1 Å². The Hall–Kier alpha value is -2.02. The lowest BCUT2D eigenvalue weighted by molar-refractivity contribution is 0.550. The Morgan fingerprint density at radius 1 is 1.29 bits per heavy atom. The van der Waals surface area contributed by atoms with Gasteiger partial charge in [0, 0.05) is 27.3 Å². The fourth-order valence-electron chi connectivity index (χ4n) is 3.85. The molecule has 1 aliphatic rings. The number of benzene rings is 2. The van der Waals surface area contributed by atoms with Crippen molar-refractivity contribution >= 4 is 50.4 Å². The van der Waals surface area contributed by atoms with Crippen molar-refractivity contribution in [2.75, 3.05) is 11.4 Å². The van der Waals surface area contributed by atoms with Gasteiger partial charge in [-0.3, -0.25) is 0 Å². The summed E-state index contributed by atoms with van der Waals surface area (Å²) in [5, 5.41) is 10.4. The Bertz CT molecular complexity index is 1010. The van der Waals surface area contributed by atoms with Gasteiger partial charge in [-0.15, -0.1) is 0 Å². The van der Waals surface area contributed by atoms with Crippen LogP contribution in [0.3, 0.4) is 0 Å². The van der Waals surface area contributed by atoms with Gasteiger partial charge < -0.3 is 4.90 Å². The summed E-state index contributed by atoms with van der Waals surface area (Å²) in [7, 11) is 0. The van der Waals surface area contributed by atoms with Crippen LogP contribution in [0, 0.1) is 11.3 Å². The van der Waals surface area contributed by atoms with E-state index in [0.717, 1.165) is 34.3 Å². The van der Waals surface area contributed by atoms with Gasteiger partial charge in [-0.25, -0.2) is 0 Å². The van der Waals surface area contributed by atoms with Crippen LogP contribution in [0.1, 0.15) is 50.8 Å². The minimum absolute atomic E-state index is 0.0537. The number of fused-ring (bicyclic) bond motifs is 1. The molecule has 0 spiro atoms. The molecule has 28 heavy (non-hydrogen) atoms. The third-order valence-electron chi connectivity index (χ3n) is 5.10. The zero-order valence-electron chi connectivity index (χ0n) is 16.7. The van der Waals surface area contributed by atoms with Crippen LogP contribution < -0.4 is 4.90 Å². The van der Waals surface area contributed by atoms with Crippen LogP contribution in [0.25, 0.3) is 17.2 Å².